The Morgan fingerprint density at radius 2 is 1.36 bits per heavy atom. The minimum atomic E-state index is -0.635. The third-order valence-corrected chi connectivity index (χ3v) is 4.19. The Kier molecular flexibility index (Phi) is 5.58. The molecule has 25 heavy (non-hydrogen) atoms. The van der Waals surface area contributed by atoms with E-state index in [0.717, 1.165) is 16.0 Å². The predicted molar refractivity (Wildman–Crippen MR) is 92.0 cm³/mol. The fourth-order valence-electron chi connectivity index (χ4n) is 2.16. The molecule has 0 unspecified atom stereocenters. The molecule has 0 bridgehead atoms. The van der Waals surface area contributed by atoms with Gasteiger partial charge < -0.3 is 14.2 Å². The summed E-state index contributed by atoms with van der Waals surface area (Å²) in [5, 5.41) is 3.16. The normalized spacial score (nSPS) is 10.3. The maximum absolute atomic E-state index is 11.4. The zero-order valence-electron chi connectivity index (χ0n) is 14.5. The van der Waals surface area contributed by atoms with Crippen LogP contribution in [0.4, 0.5) is 0 Å². The Morgan fingerprint density at radius 1 is 0.880 bits per heavy atom. The van der Waals surface area contributed by atoms with Crippen molar-refractivity contribution in [3.8, 4) is 28.4 Å². The monoisotopic (exact) mass is 361 g/mol. The zero-order chi connectivity index (χ0) is 18.7. The van der Waals surface area contributed by atoms with Gasteiger partial charge in [0.25, 0.3) is 0 Å². The first-order valence-electron chi connectivity index (χ1n) is 7.40. The quantitative estimate of drug-likeness (QED) is 0.611. The van der Waals surface area contributed by atoms with Gasteiger partial charge in [-0.1, -0.05) is 0 Å². The molecule has 1 heterocycles. The van der Waals surface area contributed by atoms with Gasteiger partial charge >= 0.3 is 17.9 Å². The van der Waals surface area contributed by atoms with E-state index < -0.39 is 17.9 Å². The molecule has 131 valence electrons. The van der Waals surface area contributed by atoms with Crippen molar-refractivity contribution in [2.75, 3.05) is 0 Å². The lowest BCUT2D eigenvalue weighted by Crippen LogP contribution is -2.10. The molecule has 0 fully saturated rings. The smallest absolute Gasteiger partial charge is 0.308 e. The molecule has 0 aliphatic carbocycles. The van der Waals surface area contributed by atoms with Crippen LogP contribution < -0.4 is 14.2 Å². The summed E-state index contributed by atoms with van der Waals surface area (Å²) < 4.78 is 15.4. The maximum Gasteiger partial charge on any atom is 0.308 e. The van der Waals surface area contributed by atoms with Gasteiger partial charge in [0, 0.05) is 31.2 Å². The number of thiophene rings is 1. The number of hydrogen-bond donors (Lipinski definition) is 0. The van der Waals surface area contributed by atoms with Crippen molar-refractivity contribution < 1.29 is 28.6 Å². The molecular weight excluding hydrogens is 344 g/mol. The van der Waals surface area contributed by atoms with Crippen molar-refractivity contribution in [2.24, 2.45) is 0 Å². The van der Waals surface area contributed by atoms with Crippen LogP contribution >= 0.6 is 11.3 Å². The van der Waals surface area contributed by atoms with Gasteiger partial charge in [-0.3, -0.25) is 14.4 Å². The van der Waals surface area contributed by atoms with Gasteiger partial charge in [0.05, 0.1) is 5.38 Å². The second kappa shape index (κ2) is 7.48. The van der Waals surface area contributed by atoms with Gasteiger partial charge in [-0.15, -0.1) is 11.3 Å². The zero-order valence-corrected chi connectivity index (χ0v) is 15.3. The van der Waals surface area contributed by atoms with Gasteiger partial charge in [0.15, 0.2) is 11.5 Å². The van der Waals surface area contributed by atoms with Gasteiger partial charge in [-0.25, -0.2) is 0 Å². The first-order chi connectivity index (χ1) is 11.7. The summed E-state index contributed by atoms with van der Waals surface area (Å²) in [6.45, 7) is 7.55. The Hall–Kier alpha value is -2.67. The Morgan fingerprint density at radius 3 is 1.72 bits per heavy atom. The van der Waals surface area contributed by atoms with Crippen LogP contribution in [0.3, 0.4) is 0 Å². The highest BCUT2D eigenvalue weighted by Crippen LogP contribution is 2.43. The van der Waals surface area contributed by atoms with Crippen LogP contribution in [0.5, 0.6) is 17.2 Å². The second-order valence-corrected chi connectivity index (χ2v) is 6.36. The van der Waals surface area contributed by atoms with Crippen LogP contribution in [0.2, 0.25) is 0 Å². The summed E-state index contributed by atoms with van der Waals surface area (Å²) in [6.07, 6.45) is 0. The largest absolute Gasteiger partial charge is 0.423 e. The Labute approximate surface area is 149 Å². The van der Waals surface area contributed by atoms with E-state index in [0.29, 0.717) is 5.56 Å². The van der Waals surface area contributed by atoms with Crippen LogP contribution in [0.15, 0.2) is 12.1 Å². The number of benzene rings is 1. The lowest BCUT2D eigenvalue weighted by Gasteiger charge is -2.15. The Bertz CT molecular complexity index is 812. The average molecular weight is 361 g/mol. The van der Waals surface area contributed by atoms with Crippen LogP contribution in [-0.4, -0.2) is 17.9 Å². The highest BCUT2D eigenvalue weighted by Gasteiger charge is 2.21. The summed E-state index contributed by atoms with van der Waals surface area (Å²) in [4.78, 5) is 35.3. The minimum Gasteiger partial charge on any atom is -0.423 e. The molecule has 1 aromatic carbocycles. The van der Waals surface area contributed by atoms with E-state index in [1.807, 2.05) is 13.8 Å². The third kappa shape index (κ3) is 4.45. The number of ether oxygens (including phenoxy) is 3. The van der Waals surface area contributed by atoms with E-state index in [1.165, 1.54) is 32.1 Å². The molecule has 1 aromatic heterocycles. The molecule has 0 aliphatic rings. The molecule has 0 saturated heterocycles. The van der Waals surface area contributed by atoms with Gasteiger partial charge in [-0.05, 0) is 37.1 Å². The minimum absolute atomic E-state index is 0.00639. The second-order valence-electron chi connectivity index (χ2n) is 5.34. The van der Waals surface area contributed by atoms with Gasteiger partial charge in [-0.2, -0.15) is 0 Å². The van der Waals surface area contributed by atoms with Crippen molar-refractivity contribution >= 4 is 29.2 Å². The van der Waals surface area contributed by atoms with E-state index in [2.05, 4.69) is 5.38 Å². The number of aryl methyl sites for hydroxylation is 1. The molecule has 2 rings (SSSR count). The molecule has 0 N–H and O–H groups in total. The van der Waals surface area contributed by atoms with Crippen LogP contribution in [0.1, 0.15) is 31.2 Å². The van der Waals surface area contributed by atoms with Crippen molar-refractivity contribution in [3.63, 3.8) is 0 Å². The highest BCUT2D eigenvalue weighted by molar-refractivity contribution is 7.10. The van der Waals surface area contributed by atoms with Crippen LogP contribution in [0, 0.1) is 19.2 Å². The van der Waals surface area contributed by atoms with E-state index in [9.17, 15) is 14.4 Å². The number of carbonyl (C=O) groups excluding carboxylic acids is 3. The summed E-state index contributed by atoms with van der Waals surface area (Å²) in [6, 6.07) is 3.11. The van der Waals surface area contributed by atoms with E-state index >= 15 is 0 Å². The number of rotatable bonds is 4. The predicted octanol–water partition coefficient (Wildman–Crippen LogP) is 3.61. The maximum atomic E-state index is 11.4. The molecule has 6 nitrogen and oxygen atoms in total. The van der Waals surface area contributed by atoms with Gasteiger partial charge in [0.1, 0.15) is 0 Å². The molecule has 0 amide bonds. The van der Waals surface area contributed by atoms with Crippen molar-refractivity contribution in [1.29, 1.82) is 0 Å². The molecule has 0 spiro atoms. The number of hydrogen-bond acceptors (Lipinski definition) is 7. The molecule has 0 atom stereocenters. The fourth-order valence-corrected chi connectivity index (χ4v) is 2.94. The topological polar surface area (TPSA) is 78.9 Å². The highest BCUT2D eigenvalue weighted by atomic mass is 32.1. The first-order valence-corrected chi connectivity index (χ1v) is 8.22. The lowest BCUT2D eigenvalue weighted by atomic mass is 10.0. The van der Waals surface area contributed by atoms with E-state index in [4.69, 9.17) is 14.2 Å². The van der Waals surface area contributed by atoms with Crippen molar-refractivity contribution in [3.05, 3.63) is 28.0 Å². The molecule has 2 aromatic rings. The van der Waals surface area contributed by atoms with Gasteiger partial charge in [0.2, 0.25) is 5.75 Å². The molecule has 0 aliphatic heterocycles. The number of esters is 3. The molecule has 0 saturated carbocycles. The number of carbonyl (C=O) groups is 3. The summed E-state index contributed by atoms with van der Waals surface area (Å²) in [5.74, 6) is -1.96. The average Bonchev–Trinajstić information content (AvgIpc) is 2.80. The van der Waals surface area contributed by atoms with Crippen LogP contribution in [0.25, 0.3) is 11.1 Å². The van der Waals surface area contributed by atoms with E-state index in [-0.39, 0.29) is 17.2 Å². The standard InChI is InChI=1S/C18H17O6S/c1-9-10(2)25-8-15(9)14-6-16(22-11(3)19)18(24-13(5)21)17(7-14)23-12(4)20/h6-7H,1-5H3. The molecular formula is C18H17O6S. The van der Waals surface area contributed by atoms with Crippen LogP contribution in [-0.2, 0) is 14.4 Å². The first kappa shape index (κ1) is 18.7. The third-order valence-electron chi connectivity index (χ3n) is 3.27. The Balaban J connectivity index is 2.69. The molecule has 1 radical (unpaired) electrons. The summed E-state index contributed by atoms with van der Waals surface area (Å²) >= 11 is 1.45. The summed E-state index contributed by atoms with van der Waals surface area (Å²) in [7, 11) is 0. The van der Waals surface area contributed by atoms with Crippen molar-refractivity contribution in [1.82, 2.24) is 0 Å². The summed E-state index contributed by atoms with van der Waals surface area (Å²) in [5.41, 5.74) is 2.43. The molecule has 7 heteroatoms. The van der Waals surface area contributed by atoms with Crippen molar-refractivity contribution in [2.45, 2.75) is 34.6 Å². The lowest BCUT2D eigenvalue weighted by molar-refractivity contribution is -0.135. The van der Waals surface area contributed by atoms with E-state index in [1.54, 1.807) is 12.1 Å². The SMILES string of the molecule is CC(=O)Oc1cc(-c2[c]sc(C)c2C)cc(OC(C)=O)c1OC(C)=O. The fraction of sp³-hybridized carbons (Fsp3) is 0.278.